The molecule has 0 radical (unpaired) electrons. The molecule has 2 amide bonds. The van der Waals surface area contributed by atoms with Gasteiger partial charge in [-0.05, 0) is 74.4 Å². The van der Waals surface area contributed by atoms with Crippen molar-refractivity contribution in [2.24, 2.45) is 23.7 Å². The minimum absolute atomic E-state index is 0.114. The molecule has 2 aromatic rings. The van der Waals surface area contributed by atoms with Crippen LogP contribution in [0, 0.1) is 33.8 Å². The molecule has 2 bridgehead atoms. The van der Waals surface area contributed by atoms with Crippen LogP contribution < -0.4 is 4.74 Å². The van der Waals surface area contributed by atoms with Crippen molar-refractivity contribution in [3.63, 3.8) is 0 Å². The number of carbonyl (C=O) groups is 5. The molecule has 5 unspecified atom stereocenters. The van der Waals surface area contributed by atoms with E-state index in [1.807, 2.05) is 0 Å². The number of carbonyl (C=O) groups excluding carboxylic acids is 5. The molecule has 38 heavy (non-hydrogen) atoms. The number of ketones is 1. The molecule has 3 aliphatic rings. The maximum Gasteiger partial charge on any atom is 0.343 e. The normalized spacial score (nSPS) is 24.2. The van der Waals surface area contributed by atoms with Crippen molar-refractivity contribution < 1.29 is 38.4 Å². The Bertz CT molecular complexity index is 1310. The molecule has 5 rings (SSSR count). The number of fused-ring (bicyclic) bond motifs is 5. The van der Waals surface area contributed by atoms with Crippen LogP contribution in [0.5, 0.6) is 5.75 Å². The van der Waals surface area contributed by atoms with E-state index < -0.39 is 35.3 Å². The molecule has 2 saturated carbocycles. The highest BCUT2D eigenvalue weighted by Gasteiger charge is 2.62. The number of imide groups is 1. The van der Waals surface area contributed by atoms with Gasteiger partial charge in [0.15, 0.2) is 12.4 Å². The third-order valence-corrected chi connectivity index (χ3v) is 7.74. The topological polar surface area (TPSA) is 150 Å². The van der Waals surface area contributed by atoms with Gasteiger partial charge in [0.25, 0.3) is 5.69 Å². The molecule has 0 N–H and O–H groups in total. The number of benzene rings is 2. The molecule has 5 atom stereocenters. The Balaban J connectivity index is 1.14. The van der Waals surface area contributed by atoms with Gasteiger partial charge in [-0.15, -0.1) is 0 Å². The number of likely N-dealkylation sites (tertiary alicyclic amines) is 1. The van der Waals surface area contributed by atoms with E-state index in [1.165, 1.54) is 55.5 Å². The van der Waals surface area contributed by atoms with E-state index >= 15 is 0 Å². The van der Waals surface area contributed by atoms with Gasteiger partial charge in [-0.25, -0.2) is 9.59 Å². The molecule has 2 aliphatic carbocycles. The van der Waals surface area contributed by atoms with E-state index in [0.717, 1.165) is 24.2 Å². The van der Waals surface area contributed by atoms with Gasteiger partial charge in [-0.2, -0.15) is 0 Å². The number of nitrogens with zero attached hydrogens (tertiary/aromatic N) is 2. The lowest BCUT2D eigenvalue weighted by atomic mass is 9.81. The smallest absolute Gasteiger partial charge is 0.343 e. The van der Waals surface area contributed by atoms with Gasteiger partial charge in [-0.1, -0.05) is 0 Å². The number of nitro groups is 1. The van der Waals surface area contributed by atoms with Gasteiger partial charge in [0.1, 0.15) is 11.8 Å². The minimum atomic E-state index is -1.12. The fourth-order valence-electron chi connectivity index (χ4n) is 5.85. The van der Waals surface area contributed by atoms with E-state index in [-0.39, 0.29) is 58.0 Å². The van der Waals surface area contributed by atoms with Crippen molar-refractivity contribution >= 4 is 35.2 Å². The number of non-ortho nitro benzene ring substituents is 1. The highest BCUT2D eigenvalue weighted by Crippen LogP contribution is 2.56. The highest BCUT2D eigenvalue weighted by molar-refractivity contribution is 6.08. The first-order chi connectivity index (χ1) is 18.2. The highest BCUT2D eigenvalue weighted by atomic mass is 16.6. The summed E-state index contributed by atoms with van der Waals surface area (Å²) in [7, 11) is 0. The largest absolute Gasteiger partial charge is 0.456 e. The van der Waals surface area contributed by atoms with Crippen LogP contribution in [0.15, 0.2) is 48.5 Å². The van der Waals surface area contributed by atoms with Crippen LogP contribution >= 0.6 is 0 Å². The molecule has 1 heterocycles. The molecule has 2 aromatic carbocycles. The van der Waals surface area contributed by atoms with Crippen LogP contribution in [0.3, 0.4) is 0 Å². The zero-order chi connectivity index (χ0) is 27.1. The fourth-order valence-corrected chi connectivity index (χ4v) is 5.85. The molecular weight excluding hydrogens is 496 g/mol. The molecule has 0 spiro atoms. The summed E-state index contributed by atoms with van der Waals surface area (Å²) >= 11 is 0. The summed E-state index contributed by atoms with van der Waals surface area (Å²) in [5.41, 5.74) is 0.149. The monoisotopic (exact) mass is 520 g/mol. The van der Waals surface area contributed by atoms with Crippen molar-refractivity contribution in [1.29, 1.82) is 0 Å². The number of hydrogen-bond donors (Lipinski definition) is 0. The number of rotatable bonds is 8. The summed E-state index contributed by atoms with van der Waals surface area (Å²) in [4.78, 5) is 74.3. The molecule has 11 heteroatoms. The van der Waals surface area contributed by atoms with Gasteiger partial charge in [0.2, 0.25) is 11.8 Å². The van der Waals surface area contributed by atoms with E-state index in [9.17, 15) is 34.1 Å². The second-order valence-corrected chi connectivity index (χ2v) is 9.86. The second-order valence-electron chi connectivity index (χ2n) is 9.86. The van der Waals surface area contributed by atoms with Gasteiger partial charge in [0.05, 0.1) is 22.3 Å². The van der Waals surface area contributed by atoms with E-state index in [4.69, 9.17) is 9.47 Å². The predicted octanol–water partition coefficient (Wildman–Crippen LogP) is 2.96. The zero-order valence-electron chi connectivity index (χ0n) is 20.4. The number of amides is 2. The second kappa shape index (κ2) is 9.81. The van der Waals surface area contributed by atoms with E-state index in [0.29, 0.717) is 0 Å². The van der Waals surface area contributed by atoms with Crippen LogP contribution in [-0.4, -0.2) is 52.0 Å². The summed E-state index contributed by atoms with van der Waals surface area (Å²) in [5, 5.41) is 10.7. The van der Waals surface area contributed by atoms with Crippen LogP contribution in [0.2, 0.25) is 0 Å². The van der Waals surface area contributed by atoms with Crippen LogP contribution in [0.1, 0.15) is 46.9 Å². The Kier molecular flexibility index (Phi) is 6.52. The molecule has 0 aromatic heterocycles. The Morgan fingerprint density at radius 3 is 2.05 bits per heavy atom. The summed E-state index contributed by atoms with van der Waals surface area (Å²) in [6.07, 6.45) is 2.76. The zero-order valence-corrected chi connectivity index (χ0v) is 20.4. The number of ether oxygens (including phenoxy) is 2. The van der Waals surface area contributed by atoms with Crippen LogP contribution in [0.4, 0.5) is 5.69 Å². The summed E-state index contributed by atoms with van der Waals surface area (Å²) in [5.74, 6) is -2.86. The molecule has 1 aliphatic heterocycles. The summed E-state index contributed by atoms with van der Waals surface area (Å²) in [6.45, 7) is 0.846. The number of esters is 2. The van der Waals surface area contributed by atoms with Crippen molar-refractivity contribution in [1.82, 2.24) is 4.90 Å². The van der Waals surface area contributed by atoms with E-state index in [2.05, 4.69) is 0 Å². The third kappa shape index (κ3) is 4.44. The maximum atomic E-state index is 12.9. The Hall–Kier alpha value is -4.41. The lowest BCUT2D eigenvalue weighted by Gasteiger charge is -2.22. The molecule has 11 nitrogen and oxygen atoms in total. The molecule has 1 saturated heterocycles. The molecule has 196 valence electrons. The number of nitro benzene ring substituents is 1. The molecule has 3 fully saturated rings. The van der Waals surface area contributed by atoms with Crippen LogP contribution in [-0.2, 0) is 19.1 Å². The average Bonchev–Trinajstić information content (AvgIpc) is 3.60. The van der Waals surface area contributed by atoms with Gasteiger partial charge >= 0.3 is 11.9 Å². The van der Waals surface area contributed by atoms with Gasteiger partial charge < -0.3 is 9.47 Å². The summed E-state index contributed by atoms with van der Waals surface area (Å²) in [6, 6.07) is 9.35. The van der Waals surface area contributed by atoms with Gasteiger partial charge in [-0.3, -0.25) is 29.4 Å². The Morgan fingerprint density at radius 2 is 1.50 bits per heavy atom. The first-order valence-corrected chi connectivity index (χ1v) is 12.3. The average molecular weight is 520 g/mol. The lowest BCUT2D eigenvalue weighted by molar-refractivity contribution is -0.384. The maximum absolute atomic E-state index is 12.9. The van der Waals surface area contributed by atoms with Crippen molar-refractivity contribution in [3.8, 4) is 5.75 Å². The predicted molar refractivity (Wildman–Crippen MR) is 129 cm³/mol. The minimum Gasteiger partial charge on any atom is -0.456 e. The first-order valence-electron chi connectivity index (χ1n) is 12.3. The number of hydrogen-bond acceptors (Lipinski definition) is 9. The van der Waals surface area contributed by atoms with Crippen molar-refractivity contribution in [3.05, 3.63) is 69.8 Å². The fraction of sp³-hybridized carbons (Fsp3) is 0.370. The Labute approximate surface area is 216 Å². The SMILES string of the molecule is CC(C(=O)OCC(=O)c1ccc(OC(=O)c2ccc([N+](=O)[O-])cc2)cc1)N1C(=O)C2C3CCC(C3)C2C1=O. The number of Topliss-reactive ketones (excluding diaryl/α,β-unsaturated/α-hetero) is 1. The standard InChI is InChI=1S/C27H24N2O9/c1-14(28-24(31)22-17-2-3-18(12-17)23(22)25(28)32)26(33)37-13-21(30)15-6-10-20(11-7-15)38-27(34)16-4-8-19(9-5-16)29(35)36/h4-11,14,17-18,22-23H,2-3,12-13H2,1H3. The first kappa shape index (κ1) is 25.2. The van der Waals surface area contributed by atoms with Crippen molar-refractivity contribution in [2.75, 3.05) is 6.61 Å². The Morgan fingerprint density at radius 1 is 0.947 bits per heavy atom. The molecular formula is C27H24N2O9. The van der Waals surface area contributed by atoms with Gasteiger partial charge in [0, 0.05) is 17.7 Å². The van der Waals surface area contributed by atoms with Crippen LogP contribution in [0.25, 0.3) is 0 Å². The quantitative estimate of drug-likeness (QED) is 0.128. The van der Waals surface area contributed by atoms with E-state index in [1.54, 1.807) is 0 Å². The van der Waals surface area contributed by atoms with Crippen molar-refractivity contribution in [2.45, 2.75) is 32.2 Å². The summed E-state index contributed by atoms with van der Waals surface area (Å²) < 4.78 is 10.3. The third-order valence-electron chi connectivity index (χ3n) is 7.74. The lowest BCUT2D eigenvalue weighted by Crippen LogP contribution is -2.45.